The number of nitrogens with zero attached hydrogens (tertiary/aromatic N) is 2. The van der Waals surface area contributed by atoms with Gasteiger partial charge in [0.25, 0.3) is 0 Å². The average Bonchev–Trinajstić information content (AvgIpc) is 2.95. The number of amides is 1. The summed E-state index contributed by atoms with van der Waals surface area (Å²) in [4.78, 5) is 12.0. The molecule has 0 aliphatic heterocycles. The quantitative estimate of drug-likeness (QED) is 0.909. The van der Waals surface area contributed by atoms with Crippen molar-refractivity contribution >= 4 is 5.91 Å². The molecule has 0 bridgehead atoms. The molecule has 1 amide bonds. The number of aryl methyl sites for hydroxylation is 1. The van der Waals surface area contributed by atoms with Gasteiger partial charge in [0.1, 0.15) is 12.3 Å². The zero-order valence-electron chi connectivity index (χ0n) is 13.5. The Bertz CT molecular complexity index is 726. The number of benzene rings is 1. The molecule has 1 aromatic heterocycles. The van der Waals surface area contributed by atoms with Gasteiger partial charge in [0.05, 0.1) is 13.2 Å². The van der Waals surface area contributed by atoms with Gasteiger partial charge in [-0.3, -0.25) is 9.48 Å². The third-order valence-corrected chi connectivity index (χ3v) is 3.47. The zero-order valence-corrected chi connectivity index (χ0v) is 13.5. The Labute approximate surface area is 137 Å². The van der Waals surface area contributed by atoms with Gasteiger partial charge in [0, 0.05) is 11.8 Å². The van der Waals surface area contributed by atoms with E-state index in [0.29, 0.717) is 5.75 Å². The van der Waals surface area contributed by atoms with Crippen LogP contribution in [0.5, 0.6) is 5.75 Å². The molecule has 0 fully saturated rings. The van der Waals surface area contributed by atoms with Gasteiger partial charge in [0.15, 0.2) is 5.69 Å². The SMILES string of the molecule is COc1ccc(C)cc1[C@H](C)NC(=O)Cn1ccc(C(F)(F)F)n1. The molecule has 0 aliphatic carbocycles. The summed E-state index contributed by atoms with van der Waals surface area (Å²) in [5.41, 5.74) is 0.778. The molecule has 0 aliphatic rings. The van der Waals surface area contributed by atoms with Crippen molar-refractivity contribution in [1.29, 1.82) is 0 Å². The van der Waals surface area contributed by atoms with Gasteiger partial charge >= 0.3 is 6.18 Å². The minimum atomic E-state index is -4.52. The van der Waals surface area contributed by atoms with E-state index in [1.165, 1.54) is 7.11 Å². The van der Waals surface area contributed by atoms with Crippen molar-refractivity contribution in [3.8, 4) is 5.75 Å². The summed E-state index contributed by atoms with van der Waals surface area (Å²) < 4.78 is 43.7. The lowest BCUT2D eigenvalue weighted by atomic mass is 10.0. The van der Waals surface area contributed by atoms with E-state index in [2.05, 4.69) is 10.4 Å². The van der Waals surface area contributed by atoms with Crippen LogP contribution in [0.1, 0.15) is 29.8 Å². The minimum Gasteiger partial charge on any atom is -0.496 e. The van der Waals surface area contributed by atoms with Crippen LogP contribution in [-0.4, -0.2) is 22.8 Å². The monoisotopic (exact) mass is 341 g/mol. The van der Waals surface area contributed by atoms with Crippen molar-refractivity contribution in [2.24, 2.45) is 0 Å². The fourth-order valence-corrected chi connectivity index (χ4v) is 2.31. The molecule has 0 saturated carbocycles. The van der Waals surface area contributed by atoms with E-state index >= 15 is 0 Å². The molecule has 1 heterocycles. The molecule has 8 heteroatoms. The number of hydrogen-bond donors (Lipinski definition) is 1. The molecule has 0 saturated heterocycles. The second-order valence-electron chi connectivity index (χ2n) is 5.43. The number of alkyl halides is 3. The average molecular weight is 341 g/mol. The third-order valence-electron chi connectivity index (χ3n) is 3.47. The lowest BCUT2D eigenvalue weighted by Crippen LogP contribution is -2.30. The Balaban J connectivity index is 2.04. The van der Waals surface area contributed by atoms with Gasteiger partial charge in [-0.2, -0.15) is 18.3 Å². The predicted octanol–water partition coefficient (Wildman–Crippen LogP) is 3.10. The molecular formula is C16H18F3N3O2. The van der Waals surface area contributed by atoms with Crippen molar-refractivity contribution in [3.63, 3.8) is 0 Å². The smallest absolute Gasteiger partial charge is 0.435 e. The first-order chi connectivity index (χ1) is 11.2. The summed E-state index contributed by atoms with van der Waals surface area (Å²) in [6, 6.07) is 6.06. The highest BCUT2D eigenvalue weighted by atomic mass is 19.4. The highest BCUT2D eigenvalue weighted by molar-refractivity contribution is 5.76. The summed E-state index contributed by atoms with van der Waals surface area (Å²) in [5.74, 6) is 0.190. The number of methoxy groups -OCH3 is 1. The van der Waals surface area contributed by atoms with Crippen LogP contribution in [0.4, 0.5) is 13.2 Å². The molecule has 2 aromatic rings. The first-order valence-corrected chi connectivity index (χ1v) is 7.25. The largest absolute Gasteiger partial charge is 0.496 e. The standard InChI is InChI=1S/C16H18F3N3O2/c1-10-4-5-13(24-3)12(8-10)11(2)20-15(23)9-22-7-6-14(21-22)16(17,18)19/h4-8,11H,9H2,1-3H3,(H,20,23)/t11-/m0/s1. The predicted molar refractivity (Wildman–Crippen MR) is 81.5 cm³/mol. The molecule has 24 heavy (non-hydrogen) atoms. The normalized spacial score (nSPS) is 12.8. The number of nitrogens with one attached hydrogen (secondary N) is 1. The number of rotatable bonds is 5. The van der Waals surface area contributed by atoms with E-state index in [4.69, 9.17) is 4.74 Å². The van der Waals surface area contributed by atoms with E-state index in [9.17, 15) is 18.0 Å². The lowest BCUT2D eigenvalue weighted by Gasteiger charge is -2.18. The summed E-state index contributed by atoms with van der Waals surface area (Å²) in [6.45, 7) is 3.40. The van der Waals surface area contributed by atoms with Crippen molar-refractivity contribution in [3.05, 3.63) is 47.3 Å². The van der Waals surface area contributed by atoms with Crippen LogP contribution in [0.3, 0.4) is 0 Å². The molecule has 1 N–H and O–H groups in total. The highest BCUT2D eigenvalue weighted by Crippen LogP contribution is 2.27. The molecule has 1 aromatic carbocycles. The Morgan fingerprint density at radius 1 is 1.38 bits per heavy atom. The molecule has 130 valence electrons. The van der Waals surface area contributed by atoms with E-state index in [-0.39, 0.29) is 12.6 Å². The molecule has 1 atom stereocenters. The number of halogens is 3. The summed E-state index contributed by atoms with van der Waals surface area (Å²) in [6.07, 6.45) is -3.40. The first-order valence-electron chi connectivity index (χ1n) is 7.25. The molecule has 2 rings (SSSR count). The van der Waals surface area contributed by atoms with Gasteiger partial charge in [0.2, 0.25) is 5.91 Å². The number of aromatic nitrogens is 2. The Morgan fingerprint density at radius 3 is 2.67 bits per heavy atom. The first kappa shape index (κ1) is 17.8. The van der Waals surface area contributed by atoms with Crippen LogP contribution in [0.15, 0.2) is 30.5 Å². The van der Waals surface area contributed by atoms with E-state index < -0.39 is 17.8 Å². The van der Waals surface area contributed by atoms with Crippen molar-refractivity contribution in [2.45, 2.75) is 32.6 Å². The maximum atomic E-state index is 12.5. The van der Waals surface area contributed by atoms with E-state index in [1.54, 1.807) is 13.0 Å². The molecule has 0 radical (unpaired) electrons. The van der Waals surface area contributed by atoms with Crippen molar-refractivity contribution in [1.82, 2.24) is 15.1 Å². The molecule has 5 nitrogen and oxygen atoms in total. The maximum absolute atomic E-state index is 12.5. The van der Waals surface area contributed by atoms with Gasteiger partial charge in [-0.05, 0) is 26.0 Å². The van der Waals surface area contributed by atoms with Crippen molar-refractivity contribution < 1.29 is 22.7 Å². The van der Waals surface area contributed by atoms with Gasteiger partial charge in [-0.25, -0.2) is 0 Å². The molecule has 0 spiro atoms. The highest BCUT2D eigenvalue weighted by Gasteiger charge is 2.33. The summed E-state index contributed by atoms with van der Waals surface area (Å²) in [7, 11) is 1.53. The van der Waals surface area contributed by atoms with Crippen LogP contribution in [-0.2, 0) is 17.5 Å². The fourth-order valence-electron chi connectivity index (χ4n) is 2.31. The van der Waals surface area contributed by atoms with Crippen molar-refractivity contribution in [2.75, 3.05) is 7.11 Å². The molecular weight excluding hydrogens is 323 g/mol. The number of carbonyl (C=O) groups is 1. The zero-order chi connectivity index (χ0) is 17.9. The van der Waals surface area contributed by atoms with E-state index in [0.717, 1.165) is 28.1 Å². The van der Waals surface area contributed by atoms with E-state index in [1.807, 2.05) is 19.1 Å². The van der Waals surface area contributed by atoms with Crippen LogP contribution in [0, 0.1) is 6.92 Å². The Hall–Kier alpha value is -2.51. The topological polar surface area (TPSA) is 56.1 Å². The third kappa shape index (κ3) is 4.27. The van der Waals surface area contributed by atoms with Gasteiger partial charge < -0.3 is 10.1 Å². The number of carbonyl (C=O) groups excluding carboxylic acids is 1. The summed E-state index contributed by atoms with van der Waals surface area (Å²) in [5, 5.41) is 6.09. The van der Waals surface area contributed by atoms with Gasteiger partial charge in [-0.15, -0.1) is 0 Å². The van der Waals surface area contributed by atoms with Gasteiger partial charge in [-0.1, -0.05) is 17.7 Å². The minimum absolute atomic E-state index is 0.297. The second kappa shape index (κ2) is 6.94. The fraction of sp³-hybridized carbons (Fsp3) is 0.375. The molecule has 0 unspecified atom stereocenters. The van der Waals surface area contributed by atoms with Crippen LogP contribution >= 0.6 is 0 Å². The van der Waals surface area contributed by atoms with Crippen LogP contribution in [0.25, 0.3) is 0 Å². The second-order valence-corrected chi connectivity index (χ2v) is 5.43. The maximum Gasteiger partial charge on any atom is 0.435 e. The number of ether oxygens (including phenoxy) is 1. The lowest BCUT2D eigenvalue weighted by molar-refractivity contribution is -0.141. The number of hydrogen-bond acceptors (Lipinski definition) is 3. The Morgan fingerprint density at radius 2 is 2.08 bits per heavy atom. The Kier molecular flexibility index (Phi) is 5.16. The summed E-state index contributed by atoms with van der Waals surface area (Å²) >= 11 is 0. The van der Waals surface area contributed by atoms with Crippen LogP contribution in [0.2, 0.25) is 0 Å². The van der Waals surface area contributed by atoms with Crippen LogP contribution < -0.4 is 10.1 Å².